The van der Waals surface area contributed by atoms with Crippen LogP contribution in [0, 0.1) is 0 Å². The van der Waals surface area contributed by atoms with E-state index in [-0.39, 0.29) is 22.6 Å². The van der Waals surface area contributed by atoms with Crippen LogP contribution < -0.4 is 5.56 Å². The summed E-state index contributed by atoms with van der Waals surface area (Å²) in [7, 11) is 0. The number of hydrogen-bond donors (Lipinski definition) is 1. The van der Waals surface area contributed by atoms with Crippen LogP contribution >= 0.6 is 11.3 Å². The van der Waals surface area contributed by atoms with Gasteiger partial charge in [0.2, 0.25) is 0 Å². The molecule has 128 valence electrons. The highest BCUT2D eigenvalue weighted by Crippen LogP contribution is 2.31. The van der Waals surface area contributed by atoms with Gasteiger partial charge in [-0.2, -0.15) is 18.3 Å². The summed E-state index contributed by atoms with van der Waals surface area (Å²) >= 11 is 1.38. The maximum absolute atomic E-state index is 13.1. The van der Waals surface area contributed by atoms with Crippen molar-refractivity contribution >= 4 is 27.2 Å². The van der Waals surface area contributed by atoms with Crippen molar-refractivity contribution in [1.29, 1.82) is 0 Å². The van der Waals surface area contributed by atoms with Gasteiger partial charge in [0.15, 0.2) is 5.65 Å². The van der Waals surface area contributed by atoms with E-state index in [1.165, 1.54) is 17.5 Å². The van der Waals surface area contributed by atoms with Gasteiger partial charge in [-0.05, 0) is 18.6 Å². The summed E-state index contributed by atoms with van der Waals surface area (Å²) in [4.78, 5) is 24.7. The third-order valence-electron chi connectivity index (χ3n) is 3.75. The fourth-order valence-electron chi connectivity index (χ4n) is 2.56. The molecule has 0 spiro atoms. The predicted octanol–water partition coefficient (Wildman–Crippen LogP) is 3.28. The van der Waals surface area contributed by atoms with Crippen LogP contribution in [0.2, 0.25) is 0 Å². The number of nitrogens with one attached hydrogen (secondary N) is 1. The second-order valence-electron chi connectivity index (χ2n) is 5.32. The number of halogens is 3. The summed E-state index contributed by atoms with van der Waals surface area (Å²) in [6, 6.07) is 2.61. The molecule has 0 aromatic carbocycles. The minimum absolute atomic E-state index is 0.0235. The number of fused-ring (bicyclic) bond motifs is 2. The van der Waals surface area contributed by atoms with Crippen molar-refractivity contribution in [1.82, 2.24) is 24.6 Å². The van der Waals surface area contributed by atoms with E-state index in [1.54, 1.807) is 6.07 Å². The number of aromatic amines is 1. The van der Waals surface area contributed by atoms with Gasteiger partial charge >= 0.3 is 6.18 Å². The Hall–Kier alpha value is -2.75. The molecule has 25 heavy (non-hydrogen) atoms. The zero-order valence-corrected chi connectivity index (χ0v) is 13.6. The first-order chi connectivity index (χ1) is 11.9. The van der Waals surface area contributed by atoms with Gasteiger partial charge in [-0.15, -0.1) is 11.3 Å². The van der Waals surface area contributed by atoms with Crippen molar-refractivity contribution in [2.75, 3.05) is 0 Å². The van der Waals surface area contributed by atoms with Gasteiger partial charge in [-0.25, -0.2) is 14.5 Å². The molecule has 0 amide bonds. The summed E-state index contributed by atoms with van der Waals surface area (Å²) < 4.78 is 39.9. The second-order valence-corrected chi connectivity index (χ2v) is 6.44. The second kappa shape index (κ2) is 5.38. The molecule has 6 nitrogen and oxygen atoms in total. The standard InChI is InChI=1S/C15H10F3N5OS/c1-2-7-5-8-13(24)21-11(22-14(8)25-7)9-6-20-23-10(15(16,17)18)3-4-19-12(9)23/h3-6H,2H2,1H3,(H,21,22,24). The molecule has 0 aliphatic heterocycles. The highest BCUT2D eigenvalue weighted by atomic mass is 32.1. The van der Waals surface area contributed by atoms with Crippen LogP contribution in [-0.2, 0) is 12.6 Å². The number of aryl methyl sites for hydroxylation is 1. The summed E-state index contributed by atoms with van der Waals surface area (Å²) in [5.74, 6) is 0.142. The molecule has 0 saturated heterocycles. The lowest BCUT2D eigenvalue weighted by molar-refractivity contribution is -0.142. The summed E-state index contributed by atoms with van der Waals surface area (Å²) in [6.07, 6.45) is -1.53. The molecule has 4 heterocycles. The van der Waals surface area contributed by atoms with E-state index in [4.69, 9.17) is 0 Å². The van der Waals surface area contributed by atoms with Crippen molar-refractivity contribution in [2.45, 2.75) is 19.5 Å². The maximum atomic E-state index is 13.1. The molecule has 0 bridgehead atoms. The highest BCUT2D eigenvalue weighted by Gasteiger charge is 2.34. The molecule has 4 aromatic heterocycles. The maximum Gasteiger partial charge on any atom is 0.433 e. The van der Waals surface area contributed by atoms with Gasteiger partial charge in [0, 0.05) is 11.1 Å². The van der Waals surface area contributed by atoms with Crippen LogP contribution in [0.4, 0.5) is 13.2 Å². The molecule has 0 atom stereocenters. The summed E-state index contributed by atoms with van der Waals surface area (Å²) in [6.45, 7) is 1.97. The Morgan fingerprint density at radius 3 is 2.88 bits per heavy atom. The van der Waals surface area contributed by atoms with E-state index in [9.17, 15) is 18.0 Å². The van der Waals surface area contributed by atoms with Crippen molar-refractivity contribution in [3.8, 4) is 11.4 Å². The molecule has 0 radical (unpaired) electrons. The number of rotatable bonds is 2. The van der Waals surface area contributed by atoms with E-state index in [2.05, 4.69) is 20.1 Å². The summed E-state index contributed by atoms with van der Waals surface area (Å²) in [5, 5.41) is 4.23. The zero-order chi connectivity index (χ0) is 17.8. The average Bonchev–Trinajstić information content (AvgIpc) is 3.17. The van der Waals surface area contributed by atoms with Gasteiger partial charge in [-0.3, -0.25) is 4.79 Å². The van der Waals surface area contributed by atoms with Crippen LogP contribution in [0.3, 0.4) is 0 Å². The topological polar surface area (TPSA) is 75.9 Å². The first kappa shape index (κ1) is 15.8. The minimum atomic E-state index is -4.57. The van der Waals surface area contributed by atoms with Gasteiger partial charge in [0.1, 0.15) is 16.3 Å². The van der Waals surface area contributed by atoms with Crippen molar-refractivity contribution < 1.29 is 13.2 Å². The Kier molecular flexibility index (Phi) is 3.39. The van der Waals surface area contributed by atoms with Crippen molar-refractivity contribution in [2.24, 2.45) is 0 Å². The lowest BCUT2D eigenvalue weighted by atomic mass is 10.3. The van der Waals surface area contributed by atoms with E-state index >= 15 is 0 Å². The fraction of sp³-hybridized carbons (Fsp3) is 0.200. The van der Waals surface area contributed by atoms with Crippen LogP contribution in [0.15, 0.2) is 29.3 Å². The molecule has 0 aliphatic carbocycles. The van der Waals surface area contributed by atoms with Gasteiger partial charge in [0.25, 0.3) is 5.56 Å². The minimum Gasteiger partial charge on any atom is -0.306 e. The number of alkyl halides is 3. The lowest BCUT2D eigenvalue weighted by Gasteiger charge is -2.07. The SMILES string of the molecule is CCc1cc2c(=O)[nH]c(-c3cnn4c(C(F)(F)F)ccnc34)nc2s1. The number of thiophene rings is 1. The van der Waals surface area contributed by atoms with Crippen LogP contribution in [0.25, 0.3) is 27.3 Å². The van der Waals surface area contributed by atoms with Gasteiger partial charge < -0.3 is 4.98 Å². The van der Waals surface area contributed by atoms with Crippen molar-refractivity contribution in [3.05, 3.63) is 45.5 Å². The van der Waals surface area contributed by atoms with Crippen LogP contribution in [-0.4, -0.2) is 24.6 Å². The first-order valence-electron chi connectivity index (χ1n) is 7.31. The Labute approximate surface area is 142 Å². The molecular weight excluding hydrogens is 355 g/mol. The smallest absolute Gasteiger partial charge is 0.306 e. The highest BCUT2D eigenvalue weighted by molar-refractivity contribution is 7.18. The molecule has 0 saturated carbocycles. The van der Waals surface area contributed by atoms with Crippen LogP contribution in [0.1, 0.15) is 17.5 Å². The molecule has 0 unspecified atom stereocenters. The third kappa shape index (κ3) is 2.49. The molecule has 1 N–H and O–H groups in total. The number of H-pyrrole nitrogens is 1. The number of aromatic nitrogens is 5. The normalized spacial score (nSPS) is 12.3. The lowest BCUT2D eigenvalue weighted by Crippen LogP contribution is -2.13. The Balaban J connectivity index is 1.96. The third-order valence-corrected chi connectivity index (χ3v) is 4.92. The number of nitrogens with zero attached hydrogens (tertiary/aromatic N) is 4. The monoisotopic (exact) mass is 365 g/mol. The van der Waals surface area contributed by atoms with E-state index in [1.807, 2.05) is 6.92 Å². The van der Waals surface area contributed by atoms with Gasteiger partial charge in [0.05, 0.1) is 17.1 Å². The van der Waals surface area contributed by atoms with Crippen LogP contribution in [0.5, 0.6) is 0 Å². The molecule has 10 heteroatoms. The summed E-state index contributed by atoms with van der Waals surface area (Å²) in [5.41, 5.74) is -1.08. The molecule has 0 aliphatic rings. The fourth-order valence-corrected chi connectivity index (χ4v) is 3.52. The number of hydrogen-bond acceptors (Lipinski definition) is 5. The predicted molar refractivity (Wildman–Crippen MR) is 86.6 cm³/mol. The Bertz CT molecular complexity index is 1160. The molecular formula is C15H10F3N5OS. The Morgan fingerprint density at radius 1 is 1.36 bits per heavy atom. The molecule has 0 fully saturated rings. The van der Waals surface area contributed by atoms with Crippen molar-refractivity contribution in [3.63, 3.8) is 0 Å². The Morgan fingerprint density at radius 2 is 2.16 bits per heavy atom. The van der Waals surface area contributed by atoms with Gasteiger partial charge in [-0.1, -0.05) is 6.92 Å². The quantitative estimate of drug-likeness (QED) is 0.592. The zero-order valence-electron chi connectivity index (χ0n) is 12.8. The average molecular weight is 365 g/mol. The molecule has 4 aromatic rings. The van der Waals surface area contributed by atoms with E-state index < -0.39 is 11.9 Å². The first-order valence-corrected chi connectivity index (χ1v) is 8.13. The largest absolute Gasteiger partial charge is 0.433 e. The molecule has 4 rings (SSSR count). The van der Waals surface area contributed by atoms with E-state index in [0.717, 1.165) is 23.6 Å². The van der Waals surface area contributed by atoms with E-state index in [0.29, 0.717) is 14.7 Å².